The van der Waals surface area contributed by atoms with Crippen LogP contribution in [0.4, 0.5) is 0 Å². The van der Waals surface area contributed by atoms with E-state index in [4.69, 9.17) is 24.9 Å². The summed E-state index contributed by atoms with van der Waals surface area (Å²) in [5, 5.41) is 20.0. The standard InChI is InChI=1S/C7H15N3O3.C2H4O2/c1-3-12-7(13-4-2)6(11)5-9-10-8;1-2(3)4/h6-7,11H,3-5H2,1-2H3;1H3,(H,3,4). The van der Waals surface area contributed by atoms with E-state index < -0.39 is 18.4 Å². The fraction of sp³-hybridized carbons (Fsp3) is 0.889. The van der Waals surface area contributed by atoms with Gasteiger partial charge in [0.05, 0.1) is 6.54 Å². The Hall–Kier alpha value is -1.34. The maximum absolute atomic E-state index is 9.39. The Bertz CT molecular complexity index is 233. The van der Waals surface area contributed by atoms with Gasteiger partial charge < -0.3 is 19.7 Å². The second kappa shape index (κ2) is 12.7. The Kier molecular flexibility index (Phi) is 13.5. The zero-order valence-electron chi connectivity index (χ0n) is 10.2. The maximum atomic E-state index is 9.39. The van der Waals surface area contributed by atoms with Gasteiger partial charge in [0.1, 0.15) is 6.10 Å². The minimum atomic E-state index is -0.907. The number of hydrogen-bond donors (Lipinski definition) is 2. The molecule has 17 heavy (non-hydrogen) atoms. The topological polar surface area (TPSA) is 125 Å². The lowest BCUT2D eigenvalue weighted by molar-refractivity contribution is -0.186. The van der Waals surface area contributed by atoms with Crippen molar-refractivity contribution in [1.82, 2.24) is 0 Å². The van der Waals surface area contributed by atoms with Crippen LogP contribution in [0.2, 0.25) is 0 Å². The number of carbonyl (C=O) groups is 1. The average molecular weight is 249 g/mol. The molecule has 0 aliphatic heterocycles. The first-order valence-electron chi connectivity index (χ1n) is 5.11. The molecule has 0 heterocycles. The molecule has 0 aromatic carbocycles. The quantitative estimate of drug-likeness (QED) is 0.303. The molecule has 0 aromatic rings. The van der Waals surface area contributed by atoms with E-state index in [0.29, 0.717) is 13.2 Å². The summed E-state index contributed by atoms with van der Waals surface area (Å²) in [6.07, 6.45) is -1.61. The van der Waals surface area contributed by atoms with Crippen molar-refractivity contribution < 1.29 is 24.5 Å². The lowest BCUT2D eigenvalue weighted by Crippen LogP contribution is -2.34. The van der Waals surface area contributed by atoms with Gasteiger partial charge in [-0.3, -0.25) is 4.79 Å². The molecule has 1 atom stereocenters. The van der Waals surface area contributed by atoms with Crippen molar-refractivity contribution in [3.63, 3.8) is 0 Å². The smallest absolute Gasteiger partial charge is 0.300 e. The summed E-state index contributed by atoms with van der Waals surface area (Å²) in [5.74, 6) is -0.833. The number of azide groups is 1. The normalized spacial score (nSPS) is 11.1. The van der Waals surface area contributed by atoms with Crippen LogP contribution < -0.4 is 0 Å². The van der Waals surface area contributed by atoms with Gasteiger partial charge in [-0.05, 0) is 19.4 Å². The van der Waals surface area contributed by atoms with Crippen molar-refractivity contribution in [3.05, 3.63) is 10.4 Å². The molecular weight excluding hydrogens is 230 g/mol. The summed E-state index contributed by atoms with van der Waals surface area (Å²) in [6, 6.07) is 0. The number of hydrogen-bond acceptors (Lipinski definition) is 5. The number of carboxylic acid groups (broad SMARTS) is 1. The van der Waals surface area contributed by atoms with Crippen LogP contribution in [-0.2, 0) is 14.3 Å². The van der Waals surface area contributed by atoms with Crippen LogP contribution in [-0.4, -0.2) is 48.3 Å². The number of carboxylic acids is 1. The van der Waals surface area contributed by atoms with Gasteiger partial charge in [-0.1, -0.05) is 5.11 Å². The Balaban J connectivity index is 0. The minimum Gasteiger partial charge on any atom is -0.481 e. The molecule has 1 unspecified atom stereocenters. The van der Waals surface area contributed by atoms with Crippen molar-refractivity contribution in [2.45, 2.75) is 33.2 Å². The van der Waals surface area contributed by atoms with Gasteiger partial charge >= 0.3 is 0 Å². The minimum absolute atomic E-state index is 0.0405. The highest BCUT2D eigenvalue weighted by atomic mass is 16.7. The number of nitrogens with zero attached hydrogens (tertiary/aromatic N) is 3. The molecule has 0 amide bonds. The molecule has 100 valence electrons. The molecule has 2 N–H and O–H groups in total. The molecule has 0 radical (unpaired) electrons. The number of rotatable bonds is 7. The molecule has 0 aliphatic rings. The third-order valence-corrected chi connectivity index (χ3v) is 1.31. The van der Waals surface area contributed by atoms with Crippen molar-refractivity contribution in [3.8, 4) is 0 Å². The summed E-state index contributed by atoms with van der Waals surface area (Å²) in [5.41, 5.74) is 8.02. The van der Waals surface area contributed by atoms with E-state index in [1.807, 2.05) is 0 Å². The van der Waals surface area contributed by atoms with Crippen molar-refractivity contribution in [2.75, 3.05) is 19.8 Å². The van der Waals surface area contributed by atoms with Gasteiger partial charge in [0.25, 0.3) is 5.97 Å². The molecule has 8 heteroatoms. The summed E-state index contributed by atoms with van der Waals surface area (Å²) >= 11 is 0. The molecule has 0 saturated heterocycles. The largest absolute Gasteiger partial charge is 0.481 e. The van der Waals surface area contributed by atoms with Crippen molar-refractivity contribution in [2.24, 2.45) is 5.11 Å². The van der Waals surface area contributed by atoms with E-state index in [9.17, 15) is 5.11 Å². The predicted octanol–water partition coefficient (Wildman–Crippen LogP) is 1.15. The average Bonchev–Trinajstić information content (AvgIpc) is 2.25. The third-order valence-electron chi connectivity index (χ3n) is 1.31. The Morgan fingerprint density at radius 3 is 2.12 bits per heavy atom. The monoisotopic (exact) mass is 249 g/mol. The van der Waals surface area contributed by atoms with Crippen LogP contribution in [0, 0.1) is 0 Å². The van der Waals surface area contributed by atoms with Crippen LogP contribution >= 0.6 is 0 Å². The second-order valence-corrected chi connectivity index (χ2v) is 2.78. The summed E-state index contributed by atoms with van der Waals surface area (Å²) < 4.78 is 10.2. The van der Waals surface area contributed by atoms with Crippen molar-refractivity contribution in [1.29, 1.82) is 0 Å². The molecule has 0 fully saturated rings. The molecule has 0 aliphatic carbocycles. The van der Waals surface area contributed by atoms with Crippen LogP contribution in [0.3, 0.4) is 0 Å². The maximum Gasteiger partial charge on any atom is 0.300 e. The predicted molar refractivity (Wildman–Crippen MR) is 60.4 cm³/mol. The lowest BCUT2D eigenvalue weighted by atomic mass is 10.3. The Labute approximate surface area is 99.8 Å². The Morgan fingerprint density at radius 1 is 1.41 bits per heavy atom. The summed E-state index contributed by atoms with van der Waals surface area (Å²) in [6.45, 7) is 5.52. The third kappa shape index (κ3) is 14.7. The SMILES string of the molecule is CC(=O)O.CCOC(OCC)C(O)CN=[N+]=[N-]. The lowest BCUT2D eigenvalue weighted by Gasteiger charge is -2.20. The summed E-state index contributed by atoms with van der Waals surface area (Å²) in [7, 11) is 0. The fourth-order valence-corrected chi connectivity index (χ4v) is 0.805. The highest BCUT2D eigenvalue weighted by Crippen LogP contribution is 2.02. The van der Waals surface area contributed by atoms with Gasteiger partial charge in [0.15, 0.2) is 6.29 Å². The molecule has 0 rings (SSSR count). The molecule has 0 spiro atoms. The number of aliphatic hydroxyl groups is 1. The van der Waals surface area contributed by atoms with Crippen LogP contribution in [0.25, 0.3) is 10.4 Å². The summed E-state index contributed by atoms with van der Waals surface area (Å²) in [4.78, 5) is 11.5. The van der Waals surface area contributed by atoms with E-state index in [2.05, 4.69) is 10.0 Å². The highest BCUT2D eigenvalue weighted by molar-refractivity contribution is 5.62. The van der Waals surface area contributed by atoms with Crippen LogP contribution in [0.1, 0.15) is 20.8 Å². The van der Waals surface area contributed by atoms with Gasteiger partial charge in [0.2, 0.25) is 0 Å². The number of ether oxygens (including phenoxy) is 2. The van der Waals surface area contributed by atoms with E-state index in [0.717, 1.165) is 6.92 Å². The van der Waals surface area contributed by atoms with Gasteiger partial charge in [0, 0.05) is 25.0 Å². The van der Waals surface area contributed by atoms with E-state index in [1.54, 1.807) is 13.8 Å². The molecular formula is C9H19N3O5. The van der Waals surface area contributed by atoms with Crippen LogP contribution in [0.5, 0.6) is 0 Å². The fourth-order valence-electron chi connectivity index (χ4n) is 0.805. The van der Waals surface area contributed by atoms with E-state index in [-0.39, 0.29) is 6.54 Å². The Morgan fingerprint density at radius 2 is 1.82 bits per heavy atom. The molecule has 0 aromatic heterocycles. The van der Waals surface area contributed by atoms with Crippen LogP contribution in [0.15, 0.2) is 5.11 Å². The zero-order valence-corrected chi connectivity index (χ0v) is 10.2. The van der Waals surface area contributed by atoms with E-state index in [1.165, 1.54) is 0 Å². The second-order valence-electron chi connectivity index (χ2n) is 2.78. The highest BCUT2D eigenvalue weighted by Gasteiger charge is 2.18. The molecule has 0 bridgehead atoms. The van der Waals surface area contributed by atoms with E-state index >= 15 is 0 Å². The first-order chi connectivity index (χ1) is 7.99. The van der Waals surface area contributed by atoms with Gasteiger partial charge in [-0.2, -0.15) is 0 Å². The molecule has 8 nitrogen and oxygen atoms in total. The van der Waals surface area contributed by atoms with Gasteiger partial charge in [-0.25, -0.2) is 0 Å². The number of aliphatic carboxylic acids is 1. The molecule has 0 saturated carbocycles. The first-order valence-corrected chi connectivity index (χ1v) is 5.11. The van der Waals surface area contributed by atoms with Gasteiger partial charge in [-0.15, -0.1) is 0 Å². The number of aliphatic hydroxyl groups excluding tert-OH is 1. The zero-order chi connectivity index (χ0) is 13.7. The first kappa shape index (κ1) is 18.0. The van der Waals surface area contributed by atoms with Crippen molar-refractivity contribution >= 4 is 5.97 Å².